The fourth-order valence-corrected chi connectivity index (χ4v) is 1.89. The van der Waals surface area contributed by atoms with Crippen LogP contribution in [0.3, 0.4) is 0 Å². The Morgan fingerprint density at radius 1 is 0.857 bits per heavy atom. The molecule has 0 saturated carbocycles. The Morgan fingerprint density at radius 2 is 1.38 bits per heavy atom. The van der Waals surface area contributed by atoms with Gasteiger partial charge in [-0.25, -0.2) is 9.98 Å². The molecule has 2 aromatic carbocycles. The highest BCUT2D eigenvalue weighted by Gasteiger charge is 2.04. The molecule has 0 saturated heterocycles. The van der Waals surface area contributed by atoms with E-state index in [0.717, 1.165) is 16.8 Å². The van der Waals surface area contributed by atoms with Gasteiger partial charge < -0.3 is 0 Å². The van der Waals surface area contributed by atoms with Crippen molar-refractivity contribution in [1.29, 1.82) is 0 Å². The van der Waals surface area contributed by atoms with Crippen molar-refractivity contribution in [2.75, 3.05) is 0 Å². The van der Waals surface area contributed by atoms with Crippen LogP contribution < -0.4 is 0 Å². The molecule has 2 nitrogen and oxygen atoms in total. The first kappa shape index (κ1) is 15.2. The van der Waals surface area contributed by atoms with E-state index in [0.29, 0.717) is 11.0 Å². The van der Waals surface area contributed by atoms with Crippen molar-refractivity contribution in [2.24, 2.45) is 9.98 Å². The highest BCUT2D eigenvalue weighted by atomic mass is 35.5. The lowest BCUT2D eigenvalue weighted by Gasteiger charge is -2.05. The van der Waals surface area contributed by atoms with Crippen molar-refractivity contribution < 1.29 is 0 Å². The normalized spacial score (nSPS) is 13.4. The lowest BCUT2D eigenvalue weighted by molar-refractivity contribution is 1.40. The zero-order valence-electron chi connectivity index (χ0n) is 12.1. The van der Waals surface area contributed by atoms with Gasteiger partial charge in [0.1, 0.15) is 5.16 Å². The Kier molecular flexibility index (Phi) is 5.47. The minimum atomic E-state index is 0.429. The first-order valence-corrected chi connectivity index (χ1v) is 7.15. The summed E-state index contributed by atoms with van der Waals surface area (Å²) in [7, 11) is 0. The third-order valence-corrected chi connectivity index (χ3v) is 3.25. The summed E-state index contributed by atoms with van der Waals surface area (Å²) in [5.41, 5.74) is 2.91. The van der Waals surface area contributed by atoms with Crippen molar-refractivity contribution in [3.8, 4) is 0 Å². The van der Waals surface area contributed by atoms with Gasteiger partial charge in [0.05, 0.1) is 0 Å². The molecular formula is C18H17ClN2. The molecule has 2 aromatic rings. The third-order valence-electron chi connectivity index (χ3n) is 2.95. The number of amidine groups is 1. The van der Waals surface area contributed by atoms with Gasteiger partial charge in [0.25, 0.3) is 0 Å². The molecule has 0 heterocycles. The summed E-state index contributed by atoms with van der Waals surface area (Å²) in [6.07, 6.45) is 1.75. The van der Waals surface area contributed by atoms with Crippen LogP contribution in [0.4, 0.5) is 0 Å². The summed E-state index contributed by atoms with van der Waals surface area (Å²) in [5.74, 6) is 0.611. The van der Waals surface area contributed by atoms with E-state index in [1.54, 1.807) is 6.08 Å². The maximum atomic E-state index is 6.04. The summed E-state index contributed by atoms with van der Waals surface area (Å²) in [4.78, 5) is 9.03. The number of halogens is 1. The molecule has 2 rings (SSSR count). The molecular weight excluding hydrogens is 280 g/mol. The van der Waals surface area contributed by atoms with Crippen LogP contribution in [0.5, 0.6) is 0 Å². The first-order chi connectivity index (χ1) is 10.2. The Balaban J connectivity index is 2.44. The molecule has 0 radical (unpaired) electrons. The second kappa shape index (κ2) is 7.55. The predicted octanol–water partition coefficient (Wildman–Crippen LogP) is 5.04. The van der Waals surface area contributed by atoms with Gasteiger partial charge in [-0.2, -0.15) is 0 Å². The number of aliphatic imine (C=N–C) groups is 2. The van der Waals surface area contributed by atoms with Crippen LogP contribution in [-0.2, 0) is 0 Å². The van der Waals surface area contributed by atoms with E-state index in [1.165, 1.54) is 0 Å². The molecule has 106 valence electrons. The van der Waals surface area contributed by atoms with Crippen LogP contribution >= 0.6 is 11.6 Å². The van der Waals surface area contributed by atoms with Crippen LogP contribution in [0.15, 0.2) is 81.9 Å². The van der Waals surface area contributed by atoms with Crippen molar-refractivity contribution in [1.82, 2.24) is 0 Å². The number of benzene rings is 2. The zero-order chi connectivity index (χ0) is 15.1. The number of allylic oxidation sites excluding steroid dienone is 1. The van der Waals surface area contributed by atoms with Crippen LogP contribution in [-0.4, -0.2) is 11.5 Å². The molecule has 0 aliphatic carbocycles. The SMILES string of the molecule is C/C=C(Cl)\N=C(/N=C(C)c1ccccc1)c1ccccc1. The molecule has 0 amide bonds. The maximum absolute atomic E-state index is 6.04. The number of rotatable bonds is 3. The minimum absolute atomic E-state index is 0.429. The fraction of sp³-hybridized carbons (Fsp3) is 0.111. The molecule has 0 atom stereocenters. The van der Waals surface area contributed by atoms with Crippen LogP contribution in [0, 0.1) is 0 Å². The smallest absolute Gasteiger partial charge is 0.161 e. The topological polar surface area (TPSA) is 24.7 Å². The number of nitrogens with zero attached hydrogens (tertiary/aromatic N) is 2. The van der Waals surface area contributed by atoms with E-state index in [9.17, 15) is 0 Å². The Labute approximate surface area is 130 Å². The van der Waals surface area contributed by atoms with Gasteiger partial charge in [0.2, 0.25) is 0 Å². The highest BCUT2D eigenvalue weighted by Crippen LogP contribution is 2.11. The van der Waals surface area contributed by atoms with E-state index in [-0.39, 0.29) is 0 Å². The van der Waals surface area contributed by atoms with Crippen LogP contribution in [0.25, 0.3) is 0 Å². The second-order valence-electron chi connectivity index (χ2n) is 4.48. The first-order valence-electron chi connectivity index (χ1n) is 6.77. The maximum Gasteiger partial charge on any atom is 0.161 e. The van der Waals surface area contributed by atoms with Gasteiger partial charge in [-0.15, -0.1) is 0 Å². The number of hydrogen-bond donors (Lipinski definition) is 0. The molecule has 0 aliphatic rings. The van der Waals surface area contributed by atoms with E-state index in [2.05, 4.69) is 9.98 Å². The quantitative estimate of drug-likeness (QED) is 0.430. The summed E-state index contributed by atoms with van der Waals surface area (Å²) >= 11 is 6.04. The Hall–Kier alpha value is -2.19. The molecule has 3 heteroatoms. The van der Waals surface area contributed by atoms with Gasteiger partial charge in [-0.3, -0.25) is 0 Å². The van der Waals surface area contributed by atoms with Crippen molar-refractivity contribution in [3.05, 3.63) is 83.0 Å². The summed E-state index contributed by atoms with van der Waals surface area (Å²) in [6, 6.07) is 19.9. The highest BCUT2D eigenvalue weighted by molar-refractivity contribution is 6.30. The molecule has 0 spiro atoms. The lowest BCUT2D eigenvalue weighted by Crippen LogP contribution is -2.03. The third kappa shape index (κ3) is 4.40. The van der Waals surface area contributed by atoms with Gasteiger partial charge in [0.15, 0.2) is 5.84 Å². The van der Waals surface area contributed by atoms with Crippen molar-refractivity contribution in [3.63, 3.8) is 0 Å². The minimum Gasteiger partial charge on any atom is -0.233 e. The number of hydrogen-bond acceptors (Lipinski definition) is 1. The second-order valence-corrected chi connectivity index (χ2v) is 4.86. The summed E-state index contributed by atoms with van der Waals surface area (Å²) < 4.78 is 0. The molecule has 0 unspecified atom stereocenters. The van der Waals surface area contributed by atoms with Gasteiger partial charge in [0, 0.05) is 11.3 Å². The van der Waals surface area contributed by atoms with Gasteiger partial charge >= 0.3 is 0 Å². The van der Waals surface area contributed by atoms with Crippen LogP contribution in [0.2, 0.25) is 0 Å². The molecule has 0 aromatic heterocycles. The molecule has 0 bridgehead atoms. The van der Waals surface area contributed by atoms with E-state index in [4.69, 9.17) is 11.6 Å². The summed E-state index contributed by atoms with van der Waals surface area (Å²) in [6.45, 7) is 3.82. The molecule has 0 aliphatic heterocycles. The zero-order valence-corrected chi connectivity index (χ0v) is 12.9. The Bertz CT molecular complexity index is 671. The average Bonchev–Trinajstić information content (AvgIpc) is 2.55. The van der Waals surface area contributed by atoms with E-state index < -0.39 is 0 Å². The lowest BCUT2D eigenvalue weighted by atomic mass is 10.1. The van der Waals surface area contributed by atoms with Crippen LogP contribution in [0.1, 0.15) is 25.0 Å². The molecule has 0 fully saturated rings. The largest absolute Gasteiger partial charge is 0.233 e. The monoisotopic (exact) mass is 296 g/mol. The van der Waals surface area contributed by atoms with E-state index in [1.807, 2.05) is 74.5 Å². The average molecular weight is 297 g/mol. The molecule has 0 N–H and O–H groups in total. The van der Waals surface area contributed by atoms with Gasteiger partial charge in [-0.05, 0) is 19.4 Å². The summed E-state index contributed by atoms with van der Waals surface area (Å²) in [5, 5.41) is 0.429. The van der Waals surface area contributed by atoms with Crippen molar-refractivity contribution >= 4 is 23.1 Å². The van der Waals surface area contributed by atoms with Gasteiger partial charge in [-0.1, -0.05) is 78.3 Å². The Morgan fingerprint density at radius 3 is 1.90 bits per heavy atom. The standard InChI is InChI=1S/C18H17ClN2/c1-3-17(19)21-18(16-12-8-5-9-13-16)20-14(2)15-10-6-4-7-11-15/h3-13H,1-2H3/b17-3-,20-14?,21-18-. The van der Waals surface area contributed by atoms with Crippen molar-refractivity contribution in [2.45, 2.75) is 13.8 Å². The molecule has 21 heavy (non-hydrogen) atoms. The van der Waals surface area contributed by atoms with E-state index >= 15 is 0 Å². The fourth-order valence-electron chi connectivity index (χ4n) is 1.81. The predicted molar refractivity (Wildman–Crippen MR) is 91.2 cm³/mol.